The Labute approximate surface area is 216 Å². The second kappa shape index (κ2) is 10.8. The molecule has 0 saturated carbocycles. The highest BCUT2D eigenvalue weighted by atomic mass is 35.5. The van der Waals surface area contributed by atoms with Gasteiger partial charge in [-0.05, 0) is 72.2 Å². The molecule has 182 valence electrons. The standard InChI is InChI=1S/C27H19Cl2FN2O4/c1-2-3-17-12-16(4-11-24(17)36-15-18-5-6-19(28)14-23(18)29)13-22-25(33)31-27(35)32(26(22)34)21-9-7-20(30)8-10-21/h2,4-14H,1,3,15H2,(H,31,33,35)/b22-13+. The second-order valence-electron chi connectivity index (χ2n) is 7.82. The van der Waals surface area contributed by atoms with Gasteiger partial charge < -0.3 is 4.74 Å². The number of hydrogen-bond acceptors (Lipinski definition) is 4. The number of nitrogens with zero attached hydrogens (tertiary/aromatic N) is 1. The molecule has 4 rings (SSSR count). The number of allylic oxidation sites excluding steroid dienone is 1. The van der Waals surface area contributed by atoms with Crippen molar-refractivity contribution in [1.82, 2.24) is 5.32 Å². The van der Waals surface area contributed by atoms with Crippen molar-refractivity contribution in [1.29, 1.82) is 0 Å². The molecule has 0 radical (unpaired) electrons. The number of benzene rings is 3. The van der Waals surface area contributed by atoms with E-state index in [0.717, 1.165) is 28.2 Å². The Balaban J connectivity index is 1.61. The molecule has 1 aliphatic heterocycles. The van der Waals surface area contributed by atoms with Gasteiger partial charge in [0, 0.05) is 15.6 Å². The first-order valence-corrected chi connectivity index (χ1v) is 11.5. The minimum absolute atomic E-state index is 0.134. The van der Waals surface area contributed by atoms with Gasteiger partial charge in [-0.3, -0.25) is 14.9 Å². The Bertz CT molecular complexity index is 1400. The summed E-state index contributed by atoms with van der Waals surface area (Å²) in [5.74, 6) is -1.60. The van der Waals surface area contributed by atoms with Crippen LogP contribution in [0.1, 0.15) is 16.7 Å². The maximum atomic E-state index is 13.3. The van der Waals surface area contributed by atoms with Crippen LogP contribution in [-0.4, -0.2) is 17.8 Å². The highest BCUT2D eigenvalue weighted by Gasteiger charge is 2.36. The first kappa shape index (κ1) is 25.2. The van der Waals surface area contributed by atoms with Gasteiger partial charge in [-0.15, -0.1) is 6.58 Å². The summed E-state index contributed by atoms with van der Waals surface area (Å²) in [6.07, 6.45) is 3.54. The van der Waals surface area contributed by atoms with E-state index in [1.807, 2.05) is 0 Å². The van der Waals surface area contributed by atoms with E-state index in [4.69, 9.17) is 27.9 Å². The Kier molecular flexibility index (Phi) is 7.52. The highest BCUT2D eigenvalue weighted by Crippen LogP contribution is 2.28. The molecule has 4 amide bonds. The number of amides is 4. The highest BCUT2D eigenvalue weighted by molar-refractivity contribution is 6.39. The Morgan fingerprint density at radius 3 is 2.42 bits per heavy atom. The van der Waals surface area contributed by atoms with Crippen LogP contribution in [0.2, 0.25) is 10.0 Å². The molecule has 0 atom stereocenters. The normalized spacial score (nSPS) is 14.7. The lowest BCUT2D eigenvalue weighted by Crippen LogP contribution is -2.54. The summed E-state index contributed by atoms with van der Waals surface area (Å²) in [6, 6.07) is 14.2. The molecule has 0 unspecified atom stereocenters. The number of barbiturate groups is 1. The van der Waals surface area contributed by atoms with Crippen LogP contribution < -0.4 is 15.0 Å². The Morgan fingerprint density at radius 1 is 0.972 bits per heavy atom. The Morgan fingerprint density at radius 2 is 1.72 bits per heavy atom. The van der Waals surface area contributed by atoms with E-state index in [0.29, 0.717) is 27.8 Å². The zero-order valence-corrected chi connectivity index (χ0v) is 20.3. The number of nitrogens with one attached hydrogen (secondary N) is 1. The fourth-order valence-electron chi connectivity index (χ4n) is 3.59. The number of carbonyl (C=O) groups is 3. The van der Waals surface area contributed by atoms with Gasteiger partial charge >= 0.3 is 6.03 Å². The molecule has 0 aromatic heterocycles. The van der Waals surface area contributed by atoms with Crippen molar-refractivity contribution in [3.63, 3.8) is 0 Å². The predicted molar refractivity (Wildman–Crippen MR) is 137 cm³/mol. The molecule has 1 heterocycles. The minimum Gasteiger partial charge on any atom is -0.489 e. The van der Waals surface area contributed by atoms with Gasteiger partial charge in [-0.25, -0.2) is 14.1 Å². The molecule has 36 heavy (non-hydrogen) atoms. The number of halogens is 3. The summed E-state index contributed by atoms with van der Waals surface area (Å²) >= 11 is 12.2. The summed E-state index contributed by atoms with van der Waals surface area (Å²) in [4.78, 5) is 38.6. The van der Waals surface area contributed by atoms with Crippen LogP contribution in [0, 0.1) is 5.82 Å². The fourth-order valence-corrected chi connectivity index (χ4v) is 4.05. The molecule has 1 aliphatic rings. The van der Waals surface area contributed by atoms with E-state index in [-0.39, 0.29) is 17.9 Å². The summed E-state index contributed by atoms with van der Waals surface area (Å²) in [7, 11) is 0. The maximum Gasteiger partial charge on any atom is 0.335 e. The molecule has 1 fully saturated rings. The van der Waals surface area contributed by atoms with Crippen molar-refractivity contribution in [2.45, 2.75) is 13.0 Å². The van der Waals surface area contributed by atoms with E-state index >= 15 is 0 Å². The van der Waals surface area contributed by atoms with Gasteiger partial charge in [0.1, 0.15) is 23.7 Å². The molecule has 3 aromatic carbocycles. The topological polar surface area (TPSA) is 75.7 Å². The average Bonchev–Trinajstić information content (AvgIpc) is 2.83. The lowest BCUT2D eigenvalue weighted by Gasteiger charge is -2.26. The van der Waals surface area contributed by atoms with Gasteiger partial charge in [0.2, 0.25) is 0 Å². The third-order valence-corrected chi connectivity index (χ3v) is 5.93. The molecule has 1 N–H and O–H groups in total. The van der Waals surface area contributed by atoms with Crippen LogP contribution in [0.15, 0.2) is 78.9 Å². The van der Waals surface area contributed by atoms with Gasteiger partial charge in [0.15, 0.2) is 0 Å². The van der Waals surface area contributed by atoms with Crippen LogP contribution in [0.4, 0.5) is 14.9 Å². The van der Waals surface area contributed by atoms with E-state index < -0.39 is 23.7 Å². The number of rotatable bonds is 7. The minimum atomic E-state index is -0.911. The summed E-state index contributed by atoms with van der Waals surface area (Å²) in [6.45, 7) is 3.98. The van der Waals surface area contributed by atoms with E-state index in [1.54, 1.807) is 42.5 Å². The number of ether oxygens (including phenoxy) is 1. The fraction of sp³-hybridized carbons (Fsp3) is 0.0741. The van der Waals surface area contributed by atoms with Crippen molar-refractivity contribution in [3.05, 3.63) is 111 Å². The zero-order valence-electron chi connectivity index (χ0n) is 18.8. The molecule has 0 spiro atoms. The average molecular weight is 525 g/mol. The quantitative estimate of drug-likeness (QED) is 0.230. The van der Waals surface area contributed by atoms with Crippen LogP contribution >= 0.6 is 23.2 Å². The smallest absolute Gasteiger partial charge is 0.335 e. The van der Waals surface area contributed by atoms with Crippen LogP contribution in [-0.2, 0) is 22.6 Å². The number of urea groups is 1. The third kappa shape index (κ3) is 5.48. The van der Waals surface area contributed by atoms with Crippen molar-refractivity contribution < 1.29 is 23.5 Å². The van der Waals surface area contributed by atoms with E-state index in [1.165, 1.54) is 18.2 Å². The molecule has 9 heteroatoms. The largest absolute Gasteiger partial charge is 0.489 e. The van der Waals surface area contributed by atoms with Crippen LogP contribution in [0.3, 0.4) is 0 Å². The maximum absolute atomic E-state index is 13.3. The molecule has 0 aliphatic carbocycles. The SMILES string of the molecule is C=CCc1cc(/C=C2\C(=O)NC(=O)N(c3ccc(F)cc3)C2=O)ccc1OCc1ccc(Cl)cc1Cl. The van der Waals surface area contributed by atoms with Gasteiger partial charge in [-0.2, -0.15) is 0 Å². The molecule has 3 aromatic rings. The monoisotopic (exact) mass is 524 g/mol. The molecule has 6 nitrogen and oxygen atoms in total. The molecular formula is C27H19Cl2FN2O4. The molecule has 1 saturated heterocycles. The van der Waals surface area contributed by atoms with Crippen molar-refractivity contribution in [2.75, 3.05) is 4.90 Å². The van der Waals surface area contributed by atoms with E-state index in [9.17, 15) is 18.8 Å². The van der Waals surface area contributed by atoms with Crippen molar-refractivity contribution >= 4 is 52.8 Å². The zero-order chi connectivity index (χ0) is 25.8. The summed E-state index contributed by atoms with van der Waals surface area (Å²) in [5.41, 5.74) is 1.95. The summed E-state index contributed by atoms with van der Waals surface area (Å²) in [5, 5.41) is 3.15. The van der Waals surface area contributed by atoms with Crippen LogP contribution in [0.25, 0.3) is 6.08 Å². The summed E-state index contributed by atoms with van der Waals surface area (Å²) < 4.78 is 19.3. The van der Waals surface area contributed by atoms with Crippen molar-refractivity contribution in [2.24, 2.45) is 0 Å². The first-order valence-electron chi connectivity index (χ1n) is 10.7. The first-order chi connectivity index (χ1) is 17.3. The predicted octanol–water partition coefficient (Wildman–Crippen LogP) is 6.11. The van der Waals surface area contributed by atoms with Crippen LogP contribution in [0.5, 0.6) is 5.75 Å². The van der Waals surface area contributed by atoms with E-state index in [2.05, 4.69) is 11.9 Å². The van der Waals surface area contributed by atoms with Gasteiger partial charge in [0.05, 0.1) is 5.69 Å². The number of hydrogen-bond donors (Lipinski definition) is 1. The number of carbonyl (C=O) groups excluding carboxylic acids is 3. The molecular weight excluding hydrogens is 506 g/mol. The third-order valence-electron chi connectivity index (χ3n) is 5.34. The number of anilines is 1. The Hall–Kier alpha value is -3.94. The molecule has 0 bridgehead atoms. The lowest BCUT2D eigenvalue weighted by molar-refractivity contribution is -0.122. The van der Waals surface area contributed by atoms with Gasteiger partial charge in [0.25, 0.3) is 11.8 Å². The second-order valence-corrected chi connectivity index (χ2v) is 8.66. The van der Waals surface area contributed by atoms with Crippen molar-refractivity contribution in [3.8, 4) is 5.75 Å². The lowest BCUT2D eigenvalue weighted by atomic mass is 10.0. The number of imide groups is 2. The van der Waals surface area contributed by atoms with Gasteiger partial charge in [-0.1, -0.05) is 41.4 Å².